The molecule has 4 rings (SSSR count). The molecule has 0 aromatic rings. The first-order chi connectivity index (χ1) is 6.72. The summed E-state index contributed by atoms with van der Waals surface area (Å²) < 4.78 is 0. The Morgan fingerprint density at radius 3 is 1.86 bits per heavy atom. The number of carbonyl (C=O) groups is 1. The summed E-state index contributed by atoms with van der Waals surface area (Å²) >= 11 is 6.22. The molecule has 0 aliphatic heterocycles. The molecule has 4 fully saturated rings. The summed E-state index contributed by atoms with van der Waals surface area (Å²) in [5.41, 5.74) is 0.206. The van der Waals surface area contributed by atoms with E-state index in [0.29, 0.717) is 0 Å². The second kappa shape index (κ2) is 2.98. The van der Waals surface area contributed by atoms with Gasteiger partial charge in [-0.1, -0.05) is 0 Å². The second-order valence-corrected chi connectivity index (χ2v) is 6.29. The maximum absolute atomic E-state index is 10.9. The van der Waals surface area contributed by atoms with E-state index in [4.69, 9.17) is 11.6 Å². The zero-order chi connectivity index (χ0) is 9.76. The molecule has 4 aliphatic carbocycles. The Morgan fingerprint density at radius 1 is 1.07 bits per heavy atom. The van der Waals surface area contributed by atoms with Gasteiger partial charge in [0.2, 0.25) is 0 Å². The average molecular weight is 213 g/mol. The Labute approximate surface area is 90.2 Å². The summed E-state index contributed by atoms with van der Waals surface area (Å²) in [7, 11) is 0. The molecule has 0 aromatic carbocycles. The van der Waals surface area contributed by atoms with Crippen molar-refractivity contribution in [2.24, 2.45) is 23.2 Å². The normalized spacial score (nSPS) is 51.9. The minimum absolute atomic E-state index is 0.206. The maximum atomic E-state index is 10.9. The Balaban J connectivity index is 1.90. The van der Waals surface area contributed by atoms with E-state index >= 15 is 0 Å². The molecule has 1 atom stereocenters. The Morgan fingerprint density at radius 2 is 1.50 bits per heavy atom. The third kappa shape index (κ3) is 1.18. The molecule has 0 spiro atoms. The summed E-state index contributed by atoms with van der Waals surface area (Å²) in [6.45, 7) is 0. The summed E-state index contributed by atoms with van der Waals surface area (Å²) in [5, 5.41) is -0.212. The van der Waals surface area contributed by atoms with Gasteiger partial charge >= 0.3 is 0 Å². The van der Waals surface area contributed by atoms with E-state index in [2.05, 4.69) is 0 Å². The number of rotatable bonds is 2. The highest BCUT2D eigenvalue weighted by molar-refractivity contribution is 6.28. The van der Waals surface area contributed by atoms with Crippen LogP contribution in [0.4, 0.5) is 0 Å². The lowest BCUT2D eigenvalue weighted by Crippen LogP contribution is -2.50. The Bertz CT molecular complexity index is 226. The van der Waals surface area contributed by atoms with E-state index < -0.39 is 0 Å². The fourth-order valence-corrected chi connectivity index (χ4v) is 4.93. The van der Waals surface area contributed by atoms with E-state index in [9.17, 15) is 4.79 Å². The van der Waals surface area contributed by atoms with Crippen molar-refractivity contribution in [1.29, 1.82) is 0 Å². The van der Waals surface area contributed by atoms with Gasteiger partial charge < -0.3 is 4.79 Å². The molecule has 4 aliphatic rings. The van der Waals surface area contributed by atoms with Crippen LogP contribution in [0.1, 0.15) is 38.5 Å². The molecule has 0 aromatic heterocycles. The van der Waals surface area contributed by atoms with Crippen LogP contribution in [0.25, 0.3) is 0 Å². The molecule has 14 heavy (non-hydrogen) atoms. The van der Waals surface area contributed by atoms with Crippen molar-refractivity contribution in [2.75, 3.05) is 0 Å². The Kier molecular flexibility index (Phi) is 1.96. The molecule has 0 heterocycles. The third-order valence-electron chi connectivity index (χ3n) is 4.79. The van der Waals surface area contributed by atoms with Gasteiger partial charge in [-0.05, 0) is 61.7 Å². The number of hydrogen-bond acceptors (Lipinski definition) is 1. The van der Waals surface area contributed by atoms with Crippen LogP contribution in [0, 0.1) is 23.2 Å². The van der Waals surface area contributed by atoms with Gasteiger partial charge in [-0.3, -0.25) is 0 Å². The summed E-state index contributed by atoms with van der Waals surface area (Å²) in [5.74, 6) is 2.67. The van der Waals surface area contributed by atoms with Crippen LogP contribution in [0.2, 0.25) is 0 Å². The lowest BCUT2D eigenvalue weighted by Gasteiger charge is -2.57. The topological polar surface area (TPSA) is 17.1 Å². The molecule has 0 unspecified atom stereocenters. The first kappa shape index (κ1) is 9.21. The smallest absolute Gasteiger partial charge is 0.138 e. The van der Waals surface area contributed by atoms with Crippen LogP contribution in [0.5, 0.6) is 0 Å². The van der Waals surface area contributed by atoms with Crippen molar-refractivity contribution in [1.82, 2.24) is 0 Å². The van der Waals surface area contributed by atoms with Gasteiger partial charge in [-0.2, -0.15) is 0 Å². The van der Waals surface area contributed by atoms with Crippen LogP contribution in [0.15, 0.2) is 0 Å². The summed E-state index contributed by atoms with van der Waals surface area (Å²) in [6, 6.07) is 0. The van der Waals surface area contributed by atoms with Crippen molar-refractivity contribution < 1.29 is 4.79 Å². The number of alkyl halides is 1. The van der Waals surface area contributed by atoms with Gasteiger partial charge in [0.15, 0.2) is 0 Å². The number of aldehydes is 1. The first-order valence-corrected chi connectivity index (χ1v) is 6.25. The fourth-order valence-electron chi connectivity index (χ4n) is 4.66. The minimum Gasteiger partial charge on any atom is -0.302 e. The molecule has 0 amide bonds. The number of carbonyl (C=O) groups excluding carboxylic acids is 1. The monoisotopic (exact) mass is 212 g/mol. The van der Waals surface area contributed by atoms with Crippen LogP contribution >= 0.6 is 11.6 Å². The molecule has 78 valence electrons. The van der Waals surface area contributed by atoms with Crippen molar-refractivity contribution in [3.8, 4) is 0 Å². The van der Waals surface area contributed by atoms with Crippen LogP contribution < -0.4 is 0 Å². The molecule has 0 saturated heterocycles. The van der Waals surface area contributed by atoms with Crippen molar-refractivity contribution in [3.63, 3.8) is 0 Å². The summed E-state index contributed by atoms with van der Waals surface area (Å²) in [6.07, 6.45) is 8.92. The van der Waals surface area contributed by atoms with E-state index in [1.54, 1.807) is 0 Å². The zero-order valence-corrected chi connectivity index (χ0v) is 9.17. The van der Waals surface area contributed by atoms with Gasteiger partial charge in [-0.15, -0.1) is 11.6 Å². The largest absolute Gasteiger partial charge is 0.302 e. The molecule has 1 nitrogen and oxygen atoms in total. The zero-order valence-electron chi connectivity index (χ0n) is 8.42. The SMILES string of the molecule is O=C[C@@H](Cl)C12CC3CC(CC(C3)C1)C2. The van der Waals surface area contributed by atoms with Crippen LogP contribution in [-0.4, -0.2) is 11.7 Å². The van der Waals surface area contributed by atoms with E-state index in [1.165, 1.54) is 38.5 Å². The van der Waals surface area contributed by atoms with Gasteiger partial charge in [0.1, 0.15) is 6.29 Å². The second-order valence-electron chi connectivity index (χ2n) is 5.82. The molecule has 4 bridgehead atoms. The van der Waals surface area contributed by atoms with Gasteiger partial charge in [-0.25, -0.2) is 0 Å². The van der Waals surface area contributed by atoms with Crippen molar-refractivity contribution >= 4 is 17.9 Å². The standard InChI is InChI=1S/C12H17ClO/c13-11(7-14)12-4-8-1-9(5-12)3-10(2-8)6-12/h7-11H,1-6H2/t8?,9?,10?,11-,12?/m1/s1. The highest BCUT2D eigenvalue weighted by atomic mass is 35.5. The average Bonchev–Trinajstić information content (AvgIpc) is 2.14. The van der Waals surface area contributed by atoms with Crippen LogP contribution in [-0.2, 0) is 4.79 Å². The molecule has 0 N–H and O–H groups in total. The molecule has 2 heteroatoms. The fraction of sp³-hybridized carbons (Fsp3) is 0.917. The molecular formula is C12H17ClO. The van der Waals surface area contributed by atoms with Crippen molar-refractivity contribution in [3.05, 3.63) is 0 Å². The van der Waals surface area contributed by atoms with Gasteiger partial charge in [0.05, 0.1) is 5.38 Å². The Hall–Kier alpha value is -0.0400. The summed E-state index contributed by atoms with van der Waals surface area (Å²) in [4.78, 5) is 10.9. The van der Waals surface area contributed by atoms with Crippen molar-refractivity contribution in [2.45, 2.75) is 43.9 Å². The van der Waals surface area contributed by atoms with E-state index in [0.717, 1.165) is 24.0 Å². The number of halogens is 1. The van der Waals surface area contributed by atoms with Gasteiger partial charge in [0.25, 0.3) is 0 Å². The predicted molar refractivity (Wildman–Crippen MR) is 56.3 cm³/mol. The quantitative estimate of drug-likeness (QED) is 0.508. The van der Waals surface area contributed by atoms with E-state index in [1.807, 2.05) is 0 Å². The highest BCUT2D eigenvalue weighted by Gasteiger charge is 2.53. The number of hydrogen-bond donors (Lipinski definition) is 0. The maximum Gasteiger partial charge on any atom is 0.138 e. The highest BCUT2D eigenvalue weighted by Crippen LogP contribution is 2.61. The predicted octanol–water partition coefficient (Wildman–Crippen LogP) is 3.01. The van der Waals surface area contributed by atoms with Crippen LogP contribution in [0.3, 0.4) is 0 Å². The minimum atomic E-state index is -0.212. The molecule has 0 radical (unpaired) electrons. The lowest BCUT2D eigenvalue weighted by atomic mass is 9.49. The third-order valence-corrected chi connectivity index (χ3v) is 5.36. The van der Waals surface area contributed by atoms with Gasteiger partial charge in [0, 0.05) is 0 Å². The lowest BCUT2D eigenvalue weighted by molar-refractivity contribution is -0.115. The first-order valence-electron chi connectivity index (χ1n) is 5.81. The van der Waals surface area contributed by atoms with E-state index in [-0.39, 0.29) is 10.8 Å². The molecular weight excluding hydrogens is 196 g/mol. The molecule has 4 saturated carbocycles.